The maximum absolute atomic E-state index is 12.3. The van der Waals surface area contributed by atoms with E-state index in [0.29, 0.717) is 32.8 Å². The third-order valence-corrected chi connectivity index (χ3v) is 5.55. The van der Waals surface area contributed by atoms with Crippen LogP contribution in [0.5, 0.6) is 11.5 Å². The first kappa shape index (κ1) is 19.6. The maximum Gasteiger partial charge on any atom is 0.241 e. The number of hydrogen-bond donors (Lipinski definition) is 1. The highest BCUT2D eigenvalue weighted by atomic mass is 35.5. The Morgan fingerprint density at radius 1 is 1.15 bits per heavy atom. The Labute approximate surface area is 166 Å². The van der Waals surface area contributed by atoms with Gasteiger partial charge in [-0.1, -0.05) is 29.3 Å². The van der Waals surface area contributed by atoms with Gasteiger partial charge in [-0.2, -0.15) is 0 Å². The lowest BCUT2D eigenvalue weighted by Crippen LogP contribution is -2.40. The van der Waals surface area contributed by atoms with Crippen molar-refractivity contribution in [3.05, 3.63) is 52.0 Å². The van der Waals surface area contributed by atoms with Crippen molar-refractivity contribution >= 4 is 44.8 Å². The molecule has 144 valence electrons. The van der Waals surface area contributed by atoms with Gasteiger partial charge in [-0.05, 0) is 29.8 Å². The third kappa shape index (κ3) is 4.77. The molecule has 0 radical (unpaired) electrons. The van der Waals surface area contributed by atoms with Gasteiger partial charge in [0.05, 0.1) is 11.9 Å². The predicted molar refractivity (Wildman–Crippen MR) is 103 cm³/mol. The number of halogens is 2. The second kappa shape index (κ2) is 7.84. The molecule has 7 nitrogen and oxygen atoms in total. The van der Waals surface area contributed by atoms with E-state index in [1.54, 1.807) is 30.3 Å². The molecule has 3 rings (SSSR count). The molecule has 0 atom stereocenters. The molecular weight excluding hydrogens is 415 g/mol. The molecule has 0 saturated heterocycles. The van der Waals surface area contributed by atoms with E-state index in [1.807, 2.05) is 0 Å². The van der Waals surface area contributed by atoms with Gasteiger partial charge >= 0.3 is 0 Å². The molecule has 0 unspecified atom stereocenters. The van der Waals surface area contributed by atoms with E-state index in [9.17, 15) is 13.2 Å². The van der Waals surface area contributed by atoms with E-state index < -0.39 is 15.9 Å². The fraction of sp³-hybridized carbons (Fsp3) is 0.235. The van der Waals surface area contributed by atoms with Crippen molar-refractivity contribution in [2.24, 2.45) is 0 Å². The predicted octanol–water partition coefficient (Wildman–Crippen LogP) is 2.80. The molecule has 1 N–H and O–H groups in total. The zero-order valence-corrected chi connectivity index (χ0v) is 16.6. The monoisotopic (exact) mass is 430 g/mol. The molecule has 0 bridgehead atoms. The normalized spacial score (nSPS) is 12.7. The standard InChI is InChI=1S/C17H16Cl2N2O5S/c1-27(23,24)21(13-4-5-15-16(7-13)26-10-25-15)9-17(22)20-8-11-2-3-12(18)6-14(11)19/h2-7H,8-10H2,1H3,(H,20,22). The summed E-state index contributed by atoms with van der Waals surface area (Å²) in [4.78, 5) is 12.3. The summed E-state index contributed by atoms with van der Waals surface area (Å²) < 4.78 is 35.8. The summed E-state index contributed by atoms with van der Waals surface area (Å²) in [7, 11) is -3.69. The van der Waals surface area contributed by atoms with Gasteiger partial charge in [-0.25, -0.2) is 8.42 Å². The van der Waals surface area contributed by atoms with Gasteiger partial charge in [0.2, 0.25) is 22.7 Å². The van der Waals surface area contributed by atoms with Crippen LogP contribution >= 0.6 is 23.2 Å². The van der Waals surface area contributed by atoms with E-state index >= 15 is 0 Å². The van der Waals surface area contributed by atoms with Crippen molar-refractivity contribution in [2.45, 2.75) is 6.54 Å². The third-order valence-electron chi connectivity index (χ3n) is 3.82. The zero-order valence-electron chi connectivity index (χ0n) is 14.2. The van der Waals surface area contributed by atoms with Crippen LogP contribution in [0, 0.1) is 0 Å². The Kier molecular flexibility index (Phi) is 5.69. The average molecular weight is 431 g/mol. The summed E-state index contributed by atoms with van der Waals surface area (Å²) in [6.07, 6.45) is 1.03. The van der Waals surface area contributed by atoms with E-state index in [2.05, 4.69) is 5.32 Å². The Balaban J connectivity index is 1.72. The number of anilines is 1. The molecule has 1 amide bonds. The quantitative estimate of drug-likeness (QED) is 0.761. The SMILES string of the molecule is CS(=O)(=O)N(CC(=O)NCc1ccc(Cl)cc1Cl)c1ccc2c(c1)OCO2. The molecule has 1 heterocycles. The van der Waals surface area contributed by atoms with Crippen molar-refractivity contribution in [2.75, 3.05) is 23.9 Å². The van der Waals surface area contributed by atoms with E-state index in [-0.39, 0.29) is 19.9 Å². The molecule has 0 saturated carbocycles. The van der Waals surface area contributed by atoms with Gasteiger partial charge in [0.25, 0.3) is 0 Å². The summed E-state index contributed by atoms with van der Waals surface area (Å²) in [5.74, 6) is 0.465. The molecule has 2 aromatic carbocycles. The molecule has 1 aliphatic heterocycles. The van der Waals surface area contributed by atoms with E-state index in [0.717, 1.165) is 10.6 Å². The van der Waals surface area contributed by atoms with Crippen molar-refractivity contribution < 1.29 is 22.7 Å². The zero-order chi connectivity index (χ0) is 19.6. The minimum absolute atomic E-state index is 0.0694. The van der Waals surface area contributed by atoms with Crippen LogP contribution in [-0.4, -0.2) is 33.9 Å². The van der Waals surface area contributed by atoms with Crippen LogP contribution in [0.3, 0.4) is 0 Å². The lowest BCUT2D eigenvalue weighted by molar-refractivity contribution is -0.119. The number of nitrogens with zero attached hydrogens (tertiary/aromatic N) is 1. The molecule has 0 aliphatic carbocycles. The topological polar surface area (TPSA) is 84.9 Å². The highest BCUT2D eigenvalue weighted by Crippen LogP contribution is 2.36. The molecule has 2 aromatic rings. The number of amides is 1. The van der Waals surface area contributed by atoms with Gasteiger partial charge < -0.3 is 14.8 Å². The lowest BCUT2D eigenvalue weighted by atomic mass is 10.2. The molecule has 0 fully saturated rings. The van der Waals surface area contributed by atoms with Crippen LogP contribution in [0.25, 0.3) is 0 Å². The van der Waals surface area contributed by atoms with E-state index in [4.69, 9.17) is 32.7 Å². The number of carbonyl (C=O) groups is 1. The number of hydrogen-bond acceptors (Lipinski definition) is 5. The van der Waals surface area contributed by atoms with Gasteiger partial charge in [-0.15, -0.1) is 0 Å². The Hall–Kier alpha value is -2.16. The summed E-state index contributed by atoms with van der Waals surface area (Å²) in [6, 6.07) is 9.59. The minimum atomic E-state index is -3.69. The second-order valence-corrected chi connectivity index (χ2v) is 8.57. The van der Waals surface area contributed by atoms with Crippen LogP contribution in [0.1, 0.15) is 5.56 Å². The molecular formula is C17H16Cl2N2O5S. The smallest absolute Gasteiger partial charge is 0.241 e. The van der Waals surface area contributed by atoms with Gasteiger partial charge in [-0.3, -0.25) is 9.10 Å². The second-order valence-electron chi connectivity index (χ2n) is 5.82. The first-order valence-electron chi connectivity index (χ1n) is 7.82. The van der Waals surface area contributed by atoms with Crippen LogP contribution in [0.2, 0.25) is 10.0 Å². The highest BCUT2D eigenvalue weighted by Gasteiger charge is 2.23. The van der Waals surface area contributed by atoms with E-state index in [1.165, 1.54) is 6.07 Å². The van der Waals surface area contributed by atoms with Crippen LogP contribution in [0.4, 0.5) is 5.69 Å². The fourth-order valence-electron chi connectivity index (χ4n) is 2.49. The first-order chi connectivity index (χ1) is 12.7. The van der Waals surface area contributed by atoms with Crippen molar-refractivity contribution in [1.29, 1.82) is 0 Å². The Bertz CT molecular complexity index is 981. The van der Waals surface area contributed by atoms with Crippen molar-refractivity contribution in [3.8, 4) is 11.5 Å². The maximum atomic E-state index is 12.3. The van der Waals surface area contributed by atoms with Crippen LogP contribution in [-0.2, 0) is 21.4 Å². The molecule has 1 aliphatic rings. The number of nitrogens with one attached hydrogen (secondary N) is 1. The number of rotatable bonds is 6. The number of fused-ring (bicyclic) bond motifs is 1. The van der Waals surface area contributed by atoms with Gasteiger partial charge in [0, 0.05) is 22.7 Å². The number of ether oxygens (including phenoxy) is 2. The van der Waals surface area contributed by atoms with Crippen LogP contribution < -0.4 is 19.1 Å². The highest BCUT2D eigenvalue weighted by molar-refractivity contribution is 7.92. The molecule has 0 spiro atoms. The fourth-order valence-corrected chi connectivity index (χ4v) is 3.81. The summed E-state index contributed by atoms with van der Waals surface area (Å²) >= 11 is 11.9. The molecule has 10 heteroatoms. The minimum Gasteiger partial charge on any atom is -0.454 e. The van der Waals surface area contributed by atoms with Gasteiger partial charge in [0.15, 0.2) is 11.5 Å². The summed E-state index contributed by atoms with van der Waals surface area (Å²) in [5, 5.41) is 3.56. The van der Waals surface area contributed by atoms with Crippen LogP contribution in [0.15, 0.2) is 36.4 Å². The lowest BCUT2D eigenvalue weighted by Gasteiger charge is -2.22. The number of benzene rings is 2. The largest absolute Gasteiger partial charge is 0.454 e. The average Bonchev–Trinajstić information content (AvgIpc) is 3.05. The summed E-state index contributed by atoms with van der Waals surface area (Å²) in [6.45, 7) is -0.169. The number of sulfonamides is 1. The molecule has 27 heavy (non-hydrogen) atoms. The van der Waals surface area contributed by atoms with Gasteiger partial charge in [0.1, 0.15) is 6.54 Å². The Morgan fingerprint density at radius 3 is 2.59 bits per heavy atom. The molecule has 0 aromatic heterocycles. The van der Waals surface area contributed by atoms with Crippen molar-refractivity contribution in [3.63, 3.8) is 0 Å². The van der Waals surface area contributed by atoms with Crippen molar-refractivity contribution in [1.82, 2.24) is 5.32 Å². The first-order valence-corrected chi connectivity index (χ1v) is 10.4. The number of carbonyl (C=O) groups excluding carboxylic acids is 1. The Morgan fingerprint density at radius 2 is 1.89 bits per heavy atom. The summed E-state index contributed by atoms with van der Waals surface area (Å²) in [5.41, 5.74) is 0.977.